The van der Waals surface area contributed by atoms with E-state index in [0.29, 0.717) is 19.5 Å². The number of hydrogen-bond donors (Lipinski definition) is 2. The van der Waals surface area contributed by atoms with Crippen LogP contribution in [0, 0.1) is 5.41 Å². The van der Waals surface area contributed by atoms with Crippen molar-refractivity contribution < 1.29 is 18.0 Å². The number of rotatable bonds is 4. The maximum atomic E-state index is 12.7. The SMILES string of the molecule is CC1CCCCN1C(=O)CNS(=O)(=O)N1CCC2NC(=O)C(C)(C)C21. The topological polar surface area (TPSA) is 98.8 Å². The van der Waals surface area contributed by atoms with Gasteiger partial charge in [0.25, 0.3) is 10.2 Å². The minimum absolute atomic E-state index is 0.124. The lowest BCUT2D eigenvalue weighted by atomic mass is 9.85. The highest BCUT2D eigenvalue weighted by atomic mass is 32.2. The highest BCUT2D eigenvalue weighted by Crippen LogP contribution is 2.39. The first-order valence-corrected chi connectivity index (χ1v) is 10.5. The van der Waals surface area contributed by atoms with Crippen molar-refractivity contribution in [1.82, 2.24) is 19.2 Å². The third kappa shape index (κ3) is 3.29. The van der Waals surface area contributed by atoms with E-state index in [2.05, 4.69) is 10.0 Å². The Hall–Kier alpha value is -1.19. The maximum Gasteiger partial charge on any atom is 0.280 e. The van der Waals surface area contributed by atoms with Crippen molar-refractivity contribution in [3.63, 3.8) is 0 Å². The molecule has 0 saturated carbocycles. The molecule has 3 saturated heterocycles. The molecular weight excluding hydrogens is 344 g/mol. The highest BCUT2D eigenvalue weighted by molar-refractivity contribution is 7.87. The minimum atomic E-state index is -3.82. The number of piperidine rings is 1. The lowest BCUT2D eigenvalue weighted by Crippen LogP contribution is -2.53. The predicted octanol–water partition coefficient (Wildman–Crippen LogP) is -0.179. The molecule has 2 amide bonds. The van der Waals surface area contributed by atoms with Crippen LogP contribution in [0.2, 0.25) is 0 Å². The van der Waals surface area contributed by atoms with E-state index in [1.165, 1.54) is 4.31 Å². The van der Waals surface area contributed by atoms with Gasteiger partial charge in [-0.3, -0.25) is 9.59 Å². The number of nitrogens with zero attached hydrogens (tertiary/aromatic N) is 2. The van der Waals surface area contributed by atoms with Crippen molar-refractivity contribution in [1.29, 1.82) is 0 Å². The van der Waals surface area contributed by atoms with Gasteiger partial charge in [-0.1, -0.05) is 0 Å². The van der Waals surface area contributed by atoms with Crippen LogP contribution in [0.1, 0.15) is 46.5 Å². The molecule has 3 fully saturated rings. The van der Waals surface area contributed by atoms with Crippen molar-refractivity contribution in [2.75, 3.05) is 19.6 Å². The first kappa shape index (κ1) is 18.6. The van der Waals surface area contributed by atoms with E-state index in [1.54, 1.807) is 18.7 Å². The smallest absolute Gasteiger partial charge is 0.280 e. The van der Waals surface area contributed by atoms with Crippen LogP contribution in [0.25, 0.3) is 0 Å². The molecule has 0 aromatic carbocycles. The van der Waals surface area contributed by atoms with Gasteiger partial charge < -0.3 is 10.2 Å². The van der Waals surface area contributed by atoms with Crippen LogP contribution in [0.5, 0.6) is 0 Å². The zero-order chi connectivity index (χ0) is 18.4. The molecule has 3 atom stereocenters. The first-order chi connectivity index (χ1) is 11.6. The van der Waals surface area contributed by atoms with Gasteiger partial charge in [-0.15, -0.1) is 0 Å². The lowest BCUT2D eigenvalue weighted by Gasteiger charge is -2.34. The van der Waals surface area contributed by atoms with Crippen LogP contribution >= 0.6 is 0 Å². The molecule has 9 heteroatoms. The Kier molecular flexibility index (Phi) is 4.85. The maximum absolute atomic E-state index is 12.7. The summed E-state index contributed by atoms with van der Waals surface area (Å²) in [5.41, 5.74) is -0.776. The molecule has 0 spiro atoms. The van der Waals surface area contributed by atoms with Crippen molar-refractivity contribution in [2.24, 2.45) is 5.41 Å². The van der Waals surface area contributed by atoms with Crippen molar-refractivity contribution in [3.8, 4) is 0 Å². The van der Waals surface area contributed by atoms with E-state index in [9.17, 15) is 18.0 Å². The Morgan fingerprint density at radius 1 is 1.28 bits per heavy atom. The fourth-order valence-corrected chi connectivity index (χ4v) is 5.87. The third-order valence-electron chi connectivity index (χ3n) is 5.83. The molecule has 0 bridgehead atoms. The van der Waals surface area contributed by atoms with Gasteiger partial charge in [0.1, 0.15) is 0 Å². The second kappa shape index (κ2) is 6.51. The monoisotopic (exact) mass is 372 g/mol. The molecule has 3 aliphatic heterocycles. The summed E-state index contributed by atoms with van der Waals surface area (Å²) in [5, 5.41) is 2.88. The summed E-state index contributed by atoms with van der Waals surface area (Å²) in [6.45, 7) is 6.32. The Bertz CT molecular complexity index is 663. The predicted molar refractivity (Wildman–Crippen MR) is 92.8 cm³/mol. The molecule has 3 rings (SSSR count). The van der Waals surface area contributed by atoms with Gasteiger partial charge in [-0.25, -0.2) is 0 Å². The fraction of sp³-hybridized carbons (Fsp3) is 0.875. The Balaban J connectivity index is 1.66. The van der Waals surface area contributed by atoms with Gasteiger partial charge >= 0.3 is 0 Å². The van der Waals surface area contributed by atoms with Crippen LogP contribution in [-0.4, -0.2) is 67.2 Å². The van der Waals surface area contributed by atoms with Crippen LogP contribution in [-0.2, 0) is 19.8 Å². The summed E-state index contributed by atoms with van der Waals surface area (Å²) >= 11 is 0. The molecule has 0 aliphatic carbocycles. The lowest BCUT2D eigenvalue weighted by molar-refractivity contribution is -0.133. The molecule has 25 heavy (non-hydrogen) atoms. The normalized spacial score (nSPS) is 32.5. The number of carbonyl (C=O) groups is 2. The summed E-state index contributed by atoms with van der Waals surface area (Å²) in [4.78, 5) is 26.2. The summed E-state index contributed by atoms with van der Waals surface area (Å²) in [5.74, 6) is -0.313. The fourth-order valence-electron chi connectivity index (χ4n) is 4.34. The summed E-state index contributed by atoms with van der Waals surface area (Å²) in [6.07, 6.45) is 3.61. The summed E-state index contributed by atoms with van der Waals surface area (Å²) in [6, 6.07) is -0.420. The van der Waals surface area contributed by atoms with Gasteiger partial charge in [0.2, 0.25) is 11.8 Å². The molecule has 3 aliphatic rings. The van der Waals surface area contributed by atoms with E-state index < -0.39 is 21.7 Å². The van der Waals surface area contributed by atoms with Gasteiger partial charge in [-0.2, -0.15) is 17.4 Å². The van der Waals surface area contributed by atoms with E-state index in [1.807, 2.05) is 6.92 Å². The number of hydrogen-bond acceptors (Lipinski definition) is 4. The zero-order valence-corrected chi connectivity index (χ0v) is 15.9. The second-order valence-electron chi connectivity index (χ2n) is 7.90. The van der Waals surface area contributed by atoms with Crippen LogP contribution in [0.4, 0.5) is 0 Å². The Morgan fingerprint density at radius 3 is 2.68 bits per heavy atom. The number of amides is 2. The first-order valence-electron chi connectivity index (χ1n) is 9.01. The number of nitrogens with one attached hydrogen (secondary N) is 2. The zero-order valence-electron chi connectivity index (χ0n) is 15.1. The van der Waals surface area contributed by atoms with Crippen molar-refractivity contribution in [2.45, 2.75) is 64.6 Å². The molecule has 3 unspecified atom stereocenters. The average molecular weight is 372 g/mol. The van der Waals surface area contributed by atoms with Crippen LogP contribution < -0.4 is 10.0 Å². The number of likely N-dealkylation sites (tertiary alicyclic amines) is 1. The molecule has 0 radical (unpaired) electrons. The summed E-state index contributed by atoms with van der Waals surface area (Å²) < 4.78 is 29.3. The molecular formula is C16H28N4O4S. The van der Waals surface area contributed by atoms with Gasteiger partial charge in [0.05, 0.1) is 18.0 Å². The molecule has 8 nitrogen and oxygen atoms in total. The van der Waals surface area contributed by atoms with Gasteiger partial charge in [0.15, 0.2) is 0 Å². The average Bonchev–Trinajstić information content (AvgIpc) is 3.06. The van der Waals surface area contributed by atoms with E-state index >= 15 is 0 Å². The third-order valence-corrected chi connectivity index (χ3v) is 7.37. The van der Waals surface area contributed by atoms with E-state index in [0.717, 1.165) is 19.3 Å². The van der Waals surface area contributed by atoms with E-state index in [-0.39, 0.29) is 30.4 Å². The Morgan fingerprint density at radius 2 is 2.00 bits per heavy atom. The Labute approximate surface area is 149 Å². The molecule has 3 heterocycles. The minimum Gasteiger partial charge on any atom is -0.351 e. The van der Waals surface area contributed by atoms with Crippen LogP contribution in [0.3, 0.4) is 0 Å². The molecule has 0 aromatic heterocycles. The molecule has 0 aromatic rings. The van der Waals surface area contributed by atoms with Crippen molar-refractivity contribution in [3.05, 3.63) is 0 Å². The highest BCUT2D eigenvalue weighted by Gasteiger charge is 2.57. The molecule has 142 valence electrons. The van der Waals surface area contributed by atoms with Crippen molar-refractivity contribution >= 4 is 22.0 Å². The van der Waals surface area contributed by atoms with Crippen LogP contribution in [0.15, 0.2) is 0 Å². The quantitative estimate of drug-likeness (QED) is 0.715. The van der Waals surface area contributed by atoms with E-state index in [4.69, 9.17) is 0 Å². The standard InChI is InChI=1S/C16H28N4O4S/c1-11-6-4-5-8-19(11)13(21)10-17-25(23,24)20-9-7-12-14(20)16(2,3)15(22)18-12/h11-12,14,17H,4-10H2,1-3H3,(H,18,22). The second-order valence-corrected chi connectivity index (χ2v) is 9.61. The largest absolute Gasteiger partial charge is 0.351 e. The summed E-state index contributed by atoms with van der Waals surface area (Å²) in [7, 11) is -3.82. The number of carbonyl (C=O) groups excluding carboxylic acids is 2. The molecule has 2 N–H and O–H groups in total. The number of fused-ring (bicyclic) bond motifs is 1. The van der Waals surface area contributed by atoms with Gasteiger partial charge in [0, 0.05) is 25.2 Å². The van der Waals surface area contributed by atoms with Gasteiger partial charge in [-0.05, 0) is 46.5 Å².